The zero-order valence-electron chi connectivity index (χ0n) is 14.7. The number of benzene rings is 1. The van der Waals surface area contributed by atoms with Crippen LogP contribution in [0.3, 0.4) is 0 Å². The van der Waals surface area contributed by atoms with E-state index in [1.54, 1.807) is 13.8 Å². The van der Waals surface area contributed by atoms with Gasteiger partial charge in [0.2, 0.25) is 0 Å². The standard InChI is InChI=1S/C18H22N2O4S/c1-5-14(24-13-8-6-7-10(2)9-13)16(21)19-12(4)17-20-11(3)15(25-17)18(22)23/h6-9,12,14H,5H2,1-4H3,(H,19,21)(H,22,23). The number of carboxylic acids is 1. The monoisotopic (exact) mass is 362 g/mol. The van der Waals surface area contributed by atoms with Crippen LogP contribution in [0.1, 0.15) is 52.2 Å². The van der Waals surface area contributed by atoms with E-state index in [1.807, 2.05) is 38.1 Å². The first-order valence-corrected chi connectivity index (χ1v) is 8.87. The van der Waals surface area contributed by atoms with Crippen LogP contribution in [0.5, 0.6) is 5.75 Å². The molecule has 0 spiro atoms. The smallest absolute Gasteiger partial charge is 0.347 e. The molecule has 0 aliphatic rings. The van der Waals surface area contributed by atoms with E-state index >= 15 is 0 Å². The van der Waals surface area contributed by atoms with Crippen LogP contribution in [-0.4, -0.2) is 28.1 Å². The van der Waals surface area contributed by atoms with Crippen molar-refractivity contribution in [3.05, 3.63) is 45.4 Å². The number of carbonyl (C=O) groups excluding carboxylic acids is 1. The Morgan fingerprint density at radius 3 is 2.64 bits per heavy atom. The normalized spacial score (nSPS) is 13.1. The Morgan fingerprint density at radius 1 is 1.36 bits per heavy atom. The maximum atomic E-state index is 12.5. The fourth-order valence-corrected chi connectivity index (χ4v) is 3.25. The van der Waals surface area contributed by atoms with Gasteiger partial charge in [0, 0.05) is 0 Å². The molecule has 0 radical (unpaired) electrons. The zero-order valence-corrected chi connectivity index (χ0v) is 15.5. The Morgan fingerprint density at radius 2 is 2.08 bits per heavy atom. The van der Waals surface area contributed by atoms with Crippen LogP contribution in [-0.2, 0) is 4.79 Å². The van der Waals surface area contributed by atoms with E-state index in [2.05, 4.69) is 10.3 Å². The Hall–Kier alpha value is -2.41. The topological polar surface area (TPSA) is 88.5 Å². The van der Waals surface area contributed by atoms with Gasteiger partial charge in [-0.1, -0.05) is 19.1 Å². The number of thiazole rings is 1. The van der Waals surface area contributed by atoms with Crippen LogP contribution in [0.25, 0.3) is 0 Å². The van der Waals surface area contributed by atoms with Gasteiger partial charge in [0.15, 0.2) is 6.10 Å². The molecule has 1 aromatic carbocycles. The quantitative estimate of drug-likeness (QED) is 0.787. The summed E-state index contributed by atoms with van der Waals surface area (Å²) >= 11 is 1.08. The first-order chi connectivity index (χ1) is 11.8. The van der Waals surface area contributed by atoms with E-state index in [9.17, 15) is 9.59 Å². The van der Waals surface area contributed by atoms with Crippen LogP contribution in [0.2, 0.25) is 0 Å². The summed E-state index contributed by atoms with van der Waals surface area (Å²) in [5.41, 5.74) is 1.51. The Balaban J connectivity index is 2.05. The lowest BCUT2D eigenvalue weighted by Gasteiger charge is -2.19. The molecule has 6 nitrogen and oxygen atoms in total. The average Bonchev–Trinajstić information content (AvgIpc) is 2.94. The molecule has 2 aromatic rings. The average molecular weight is 362 g/mol. The van der Waals surface area contributed by atoms with E-state index in [-0.39, 0.29) is 16.8 Å². The first kappa shape index (κ1) is 18.9. The first-order valence-electron chi connectivity index (χ1n) is 8.06. The highest BCUT2D eigenvalue weighted by molar-refractivity contribution is 7.13. The molecule has 0 bridgehead atoms. The largest absolute Gasteiger partial charge is 0.481 e. The van der Waals surface area contributed by atoms with E-state index in [0.717, 1.165) is 16.9 Å². The summed E-state index contributed by atoms with van der Waals surface area (Å²) in [7, 11) is 0. The summed E-state index contributed by atoms with van der Waals surface area (Å²) in [6, 6.07) is 7.14. The lowest BCUT2D eigenvalue weighted by atomic mass is 10.2. The predicted octanol–water partition coefficient (Wildman–Crippen LogP) is 3.49. The number of hydrogen-bond acceptors (Lipinski definition) is 5. The summed E-state index contributed by atoms with van der Waals surface area (Å²) in [4.78, 5) is 28.1. The molecule has 2 rings (SSSR count). The SMILES string of the molecule is CCC(Oc1cccc(C)c1)C(=O)NC(C)c1nc(C)c(C(=O)O)s1. The highest BCUT2D eigenvalue weighted by Crippen LogP contribution is 2.24. The molecule has 0 aliphatic carbocycles. The highest BCUT2D eigenvalue weighted by Gasteiger charge is 2.23. The summed E-state index contributed by atoms with van der Waals surface area (Å²) in [5.74, 6) is -0.608. The number of amides is 1. The van der Waals surface area contributed by atoms with Crippen molar-refractivity contribution >= 4 is 23.2 Å². The van der Waals surface area contributed by atoms with Crippen LogP contribution in [0.15, 0.2) is 24.3 Å². The summed E-state index contributed by atoms with van der Waals surface area (Å²) in [6.45, 7) is 7.26. The number of nitrogens with one attached hydrogen (secondary N) is 1. The van der Waals surface area contributed by atoms with Crippen molar-refractivity contribution in [2.24, 2.45) is 0 Å². The lowest BCUT2D eigenvalue weighted by Crippen LogP contribution is -2.39. The van der Waals surface area contributed by atoms with Gasteiger partial charge >= 0.3 is 5.97 Å². The molecule has 1 amide bonds. The predicted molar refractivity (Wildman–Crippen MR) is 96.3 cm³/mol. The molecule has 0 fully saturated rings. The Bertz CT molecular complexity index is 772. The van der Waals surface area contributed by atoms with Crippen LogP contribution in [0.4, 0.5) is 0 Å². The third-order valence-corrected chi connectivity index (χ3v) is 5.00. The molecule has 134 valence electrons. The van der Waals surface area contributed by atoms with E-state index in [1.165, 1.54) is 0 Å². The minimum Gasteiger partial charge on any atom is -0.481 e. The van der Waals surface area contributed by atoms with Gasteiger partial charge in [-0.05, 0) is 44.9 Å². The zero-order chi connectivity index (χ0) is 18.6. The van der Waals surface area contributed by atoms with Crippen molar-refractivity contribution in [3.63, 3.8) is 0 Å². The minimum absolute atomic E-state index is 0.194. The van der Waals surface area contributed by atoms with E-state index in [4.69, 9.17) is 9.84 Å². The maximum Gasteiger partial charge on any atom is 0.347 e. The minimum atomic E-state index is -1.01. The number of hydrogen-bond donors (Lipinski definition) is 2. The van der Waals surface area contributed by atoms with Gasteiger partial charge in [0.05, 0.1) is 11.7 Å². The van der Waals surface area contributed by atoms with Crippen LogP contribution < -0.4 is 10.1 Å². The van der Waals surface area contributed by atoms with Crippen molar-refractivity contribution in [2.75, 3.05) is 0 Å². The molecule has 25 heavy (non-hydrogen) atoms. The molecule has 1 heterocycles. The van der Waals surface area contributed by atoms with Crippen molar-refractivity contribution in [2.45, 2.75) is 46.3 Å². The third kappa shape index (κ3) is 4.79. The van der Waals surface area contributed by atoms with Gasteiger partial charge in [-0.15, -0.1) is 11.3 Å². The molecule has 0 aliphatic heterocycles. The molecule has 1 aromatic heterocycles. The number of carboxylic acid groups (broad SMARTS) is 1. The second-order valence-corrected chi connectivity index (χ2v) is 6.86. The van der Waals surface area contributed by atoms with Crippen molar-refractivity contribution in [3.8, 4) is 5.75 Å². The third-order valence-electron chi connectivity index (χ3n) is 3.67. The summed E-state index contributed by atoms with van der Waals surface area (Å²) in [5, 5.41) is 12.5. The number of aromatic nitrogens is 1. The lowest BCUT2D eigenvalue weighted by molar-refractivity contribution is -0.128. The van der Waals surface area contributed by atoms with Gasteiger partial charge in [-0.3, -0.25) is 4.79 Å². The Labute approximate surface area is 150 Å². The fourth-order valence-electron chi connectivity index (χ4n) is 2.34. The maximum absolute atomic E-state index is 12.5. The molecular formula is C18H22N2O4S. The molecule has 2 atom stereocenters. The van der Waals surface area contributed by atoms with Crippen molar-refractivity contribution in [1.29, 1.82) is 0 Å². The number of nitrogens with zero attached hydrogens (tertiary/aromatic N) is 1. The second kappa shape index (κ2) is 8.11. The van der Waals surface area contributed by atoms with Crippen molar-refractivity contribution < 1.29 is 19.4 Å². The highest BCUT2D eigenvalue weighted by atomic mass is 32.1. The van der Waals surface area contributed by atoms with Crippen LogP contribution >= 0.6 is 11.3 Å². The van der Waals surface area contributed by atoms with Gasteiger partial charge in [0.25, 0.3) is 5.91 Å². The number of aromatic carboxylic acids is 1. The Kier molecular flexibility index (Phi) is 6.14. The van der Waals surface area contributed by atoms with Crippen molar-refractivity contribution in [1.82, 2.24) is 10.3 Å². The van der Waals surface area contributed by atoms with Gasteiger partial charge in [-0.25, -0.2) is 9.78 Å². The van der Waals surface area contributed by atoms with Gasteiger partial charge in [0.1, 0.15) is 15.6 Å². The van der Waals surface area contributed by atoms with E-state index < -0.39 is 12.1 Å². The molecule has 2 unspecified atom stereocenters. The van der Waals surface area contributed by atoms with Crippen LogP contribution in [0, 0.1) is 13.8 Å². The fraction of sp³-hybridized carbons (Fsp3) is 0.389. The van der Waals surface area contributed by atoms with Gasteiger partial charge < -0.3 is 15.2 Å². The molecule has 7 heteroatoms. The second-order valence-electron chi connectivity index (χ2n) is 5.83. The molecule has 0 saturated carbocycles. The molecular weight excluding hydrogens is 340 g/mol. The molecule has 2 N–H and O–H groups in total. The summed E-state index contributed by atoms with van der Waals surface area (Å²) in [6.07, 6.45) is -0.103. The van der Waals surface area contributed by atoms with Gasteiger partial charge in [-0.2, -0.15) is 0 Å². The number of aryl methyl sites for hydroxylation is 2. The number of ether oxygens (including phenoxy) is 1. The number of carbonyl (C=O) groups is 2. The number of rotatable bonds is 7. The molecule has 0 saturated heterocycles. The van der Waals surface area contributed by atoms with E-state index in [0.29, 0.717) is 22.9 Å². The summed E-state index contributed by atoms with van der Waals surface area (Å²) < 4.78 is 5.79.